The molecular weight excluding hydrogens is 298 g/mol. The van der Waals surface area contributed by atoms with Crippen LogP contribution in [0.25, 0.3) is 0 Å². The maximum Gasteiger partial charge on any atom is 0.242 e. The molecule has 2 N–H and O–H groups in total. The lowest BCUT2D eigenvalue weighted by atomic mass is 10.1. The van der Waals surface area contributed by atoms with Gasteiger partial charge in [0.1, 0.15) is 12.1 Å². The van der Waals surface area contributed by atoms with Crippen LogP contribution in [0.1, 0.15) is 5.56 Å². The zero-order valence-electron chi connectivity index (χ0n) is 9.60. The van der Waals surface area contributed by atoms with Crippen LogP contribution in [0.4, 0.5) is 5.69 Å². The van der Waals surface area contributed by atoms with Crippen LogP contribution in [0, 0.1) is 11.3 Å². The first-order valence-corrected chi connectivity index (χ1v) is 6.26. The summed E-state index contributed by atoms with van der Waals surface area (Å²) >= 11 is 3.33. The van der Waals surface area contributed by atoms with Crippen LogP contribution in [-0.2, 0) is 9.53 Å². The molecule has 0 aromatic heterocycles. The third-order valence-corrected chi connectivity index (χ3v) is 3.53. The highest BCUT2D eigenvalue weighted by atomic mass is 79.9. The van der Waals surface area contributed by atoms with Gasteiger partial charge in [-0.05, 0) is 28.1 Å². The number of nitrogens with zero attached hydrogens (tertiary/aromatic N) is 2. The predicted octanol–water partition coefficient (Wildman–Crippen LogP) is 1.01. The van der Waals surface area contributed by atoms with Gasteiger partial charge in [-0.3, -0.25) is 4.79 Å². The second-order valence-electron chi connectivity index (χ2n) is 3.93. The van der Waals surface area contributed by atoms with Gasteiger partial charge in [0.25, 0.3) is 0 Å². The molecule has 1 aromatic carbocycles. The molecule has 0 aliphatic carbocycles. The first kappa shape index (κ1) is 12.9. The Morgan fingerprint density at radius 3 is 3.06 bits per heavy atom. The fraction of sp³-hybridized carbons (Fsp3) is 0.333. The molecule has 6 heteroatoms. The normalized spacial score (nSPS) is 19.3. The number of hydrogen-bond acceptors (Lipinski definition) is 4. The molecule has 2 rings (SSSR count). The largest absolute Gasteiger partial charge is 0.377 e. The molecule has 0 radical (unpaired) electrons. The highest BCUT2D eigenvalue weighted by Gasteiger charge is 2.29. The summed E-state index contributed by atoms with van der Waals surface area (Å²) in [6, 6.07) is 7.04. The maximum atomic E-state index is 11.4. The number of anilines is 1. The Hall–Kier alpha value is -1.58. The molecule has 5 nitrogen and oxygen atoms in total. The number of carbonyl (C=O) groups excluding carboxylic acids is 1. The Morgan fingerprint density at radius 2 is 2.39 bits per heavy atom. The number of benzene rings is 1. The highest BCUT2D eigenvalue weighted by Crippen LogP contribution is 2.29. The number of nitrogens with two attached hydrogens (primary N) is 1. The van der Waals surface area contributed by atoms with Crippen LogP contribution in [0.2, 0.25) is 0 Å². The van der Waals surface area contributed by atoms with E-state index in [9.17, 15) is 10.1 Å². The molecule has 0 bridgehead atoms. The Kier molecular flexibility index (Phi) is 3.84. The molecule has 1 saturated heterocycles. The number of primary amides is 1. The van der Waals surface area contributed by atoms with Crippen molar-refractivity contribution in [3.8, 4) is 6.07 Å². The molecular formula is C12H12BrN3O2. The van der Waals surface area contributed by atoms with E-state index in [0.29, 0.717) is 28.9 Å². The fourth-order valence-corrected chi connectivity index (χ4v) is 2.43. The smallest absolute Gasteiger partial charge is 0.242 e. The van der Waals surface area contributed by atoms with Crippen molar-refractivity contribution in [1.82, 2.24) is 0 Å². The van der Waals surface area contributed by atoms with Crippen molar-refractivity contribution in [2.45, 2.75) is 6.04 Å². The molecule has 1 atom stereocenters. The summed E-state index contributed by atoms with van der Waals surface area (Å²) in [5, 5.41) is 9.20. The average Bonchev–Trinajstić information content (AvgIpc) is 2.38. The minimum absolute atomic E-state index is 0.257. The average molecular weight is 310 g/mol. The molecule has 0 spiro atoms. The van der Waals surface area contributed by atoms with E-state index in [0.717, 1.165) is 0 Å². The molecule has 94 valence electrons. The van der Waals surface area contributed by atoms with Gasteiger partial charge in [-0.2, -0.15) is 5.26 Å². The summed E-state index contributed by atoms with van der Waals surface area (Å²) < 4.78 is 5.97. The molecule has 1 aliphatic rings. The minimum Gasteiger partial charge on any atom is -0.377 e. The van der Waals surface area contributed by atoms with Gasteiger partial charge in [0.2, 0.25) is 5.91 Å². The van der Waals surface area contributed by atoms with E-state index >= 15 is 0 Å². The molecule has 1 aliphatic heterocycles. The molecule has 1 aromatic rings. The van der Waals surface area contributed by atoms with Gasteiger partial charge in [0.15, 0.2) is 0 Å². The number of rotatable bonds is 2. The van der Waals surface area contributed by atoms with E-state index in [1.165, 1.54) is 0 Å². The molecule has 1 heterocycles. The summed E-state index contributed by atoms with van der Waals surface area (Å²) in [5.74, 6) is -0.446. The Morgan fingerprint density at radius 1 is 1.61 bits per heavy atom. The second kappa shape index (κ2) is 5.38. The van der Waals surface area contributed by atoms with Crippen molar-refractivity contribution in [2.75, 3.05) is 24.7 Å². The number of hydrogen-bond donors (Lipinski definition) is 1. The zero-order valence-corrected chi connectivity index (χ0v) is 11.2. The van der Waals surface area contributed by atoms with Gasteiger partial charge in [-0.1, -0.05) is 6.07 Å². The van der Waals surface area contributed by atoms with Gasteiger partial charge in [-0.15, -0.1) is 0 Å². The first-order valence-electron chi connectivity index (χ1n) is 5.47. The zero-order chi connectivity index (χ0) is 13.1. The summed E-state index contributed by atoms with van der Waals surface area (Å²) in [6.07, 6.45) is 0. The maximum absolute atomic E-state index is 11.4. The number of amides is 1. The molecule has 0 saturated carbocycles. The van der Waals surface area contributed by atoms with Crippen LogP contribution in [-0.4, -0.2) is 31.7 Å². The first-order chi connectivity index (χ1) is 8.65. The van der Waals surface area contributed by atoms with Gasteiger partial charge >= 0.3 is 0 Å². The van der Waals surface area contributed by atoms with Crippen LogP contribution >= 0.6 is 15.9 Å². The van der Waals surface area contributed by atoms with Crippen molar-refractivity contribution in [3.05, 3.63) is 28.2 Å². The van der Waals surface area contributed by atoms with Crippen LogP contribution in [0.5, 0.6) is 0 Å². The van der Waals surface area contributed by atoms with E-state index in [-0.39, 0.29) is 6.61 Å². The lowest BCUT2D eigenvalue weighted by Gasteiger charge is -2.35. The summed E-state index contributed by atoms with van der Waals surface area (Å²) in [4.78, 5) is 13.3. The third-order valence-electron chi connectivity index (χ3n) is 2.87. The molecule has 1 fully saturated rings. The summed E-state index contributed by atoms with van der Waals surface area (Å²) in [5.41, 5.74) is 6.58. The lowest BCUT2D eigenvalue weighted by molar-refractivity contribution is -0.121. The number of halogens is 1. The Labute approximate surface area is 113 Å². The van der Waals surface area contributed by atoms with E-state index < -0.39 is 11.9 Å². The third kappa shape index (κ3) is 2.33. The van der Waals surface area contributed by atoms with Crippen molar-refractivity contribution in [1.29, 1.82) is 5.26 Å². The quantitative estimate of drug-likeness (QED) is 0.884. The van der Waals surface area contributed by atoms with Gasteiger partial charge in [0, 0.05) is 11.0 Å². The van der Waals surface area contributed by atoms with Crippen LogP contribution < -0.4 is 10.6 Å². The van der Waals surface area contributed by atoms with E-state index in [4.69, 9.17) is 10.5 Å². The fourth-order valence-electron chi connectivity index (χ4n) is 1.99. The van der Waals surface area contributed by atoms with Crippen molar-refractivity contribution in [2.24, 2.45) is 5.73 Å². The van der Waals surface area contributed by atoms with Crippen molar-refractivity contribution >= 4 is 27.5 Å². The second-order valence-corrected chi connectivity index (χ2v) is 4.79. The van der Waals surface area contributed by atoms with Gasteiger partial charge in [0.05, 0.1) is 24.5 Å². The number of carbonyl (C=O) groups is 1. The van der Waals surface area contributed by atoms with Crippen molar-refractivity contribution < 1.29 is 9.53 Å². The number of nitriles is 1. The SMILES string of the molecule is N#Cc1c(Br)cccc1N1CCOCC1C(N)=O. The van der Waals surface area contributed by atoms with E-state index in [1.54, 1.807) is 6.07 Å². The Balaban J connectivity index is 2.43. The predicted molar refractivity (Wildman–Crippen MR) is 70.0 cm³/mol. The monoisotopic (exact) mass is 309 g/mol. The number of morpholine rings is 1. The highest BCUT2D eigenvalue weighted by molar-refractivity contribution is 9.10. The van der Waals surface area contributed by atoms with Crippen LogP contribution in [0.3, 0.4) is 0 Å². The lowest BCUT2D eigenvalue weighted by Crippen LogP contribution is -2.52. The standard InChI is InChI=1S/C12H12BrN3O2/c13-9-2-1-3-10(8(9)6-14)16-4-5-18-7-11(16)12(15)17/h1-3,11H,4-5,7H2,(H2,15,17). The van der Waals surface area contributed by atoms with E-state index in [1.807, 2.05) is 17.0 Å². The van der Waals surface area contributed by atoms with Gasteiger partial charge < -0.3 is 15.4 Å². The minimum atomic E-state index is -0.528. The van der Waals surface area contributed by atoms with Crippen LogP contribution in [0.15, 0.2) is 22.7 Å². The molecule has 1 unspecified atom stereocenters. The number of ether oxygens (including phenoxy) is 1. The van der Waals surface area contributed by atoms with Crippen molar-refractivity contribution in [3.63, 3.8) is 0 Å². The summed E-state index contributed by atoms with van der Waals surface area (Å²) in [7, 11) is 0. The topological polar surface area (TPSA) is 79.3 Å². The molecule has 18 heavy (non-hydrogen) atoms. The Bertz CT molecular complexity index is 513. The van der Waals surface area contributed by atoms with E-state index in [2.05, 4.69) is 22.0 Å². The summed E-state index contributed by atoms with van der Waals surface area (Å²) in [6.45, 7) is 1.31. The molecule has 1 amide bonds. The van der Waals surface area contributed by atoms with Gasteiger partial charge in [-0.25, -0.2) is 0 Å².